The highest BCUT2D eigenvalue weighted by molar-refractivity contribution is 7.92. The molecule has 1 N–H and O–H groups in total. The third-order valence-corrected chi connectivity index (χ3v) is 5.41. The molecule has 3 rings (SSSR count). The highest BCUT2D eigenvalue weighted by Gasteiger charge is 2.41. The van der Waals surface area contributed by atoms with Crippen molar-refractivity contribution in [1.29, 1.82) is 0 Å². The topological polar surface area (TPSA) is 85.1 Å². The molecule has 7 heteroatoms. The molecule has 6 nitrogen and oxygen atoms in total. The Kier molecular flexibility index (Phi) is 4.82. The Morgan fingerprint density at radius 2 is 1.88 bits per heavy atom. The average molecular weight is 347 g/mol. The molecular weight excluding hydrogens is 326 g/mol. The van der Waals surface area contributed by atoms with Crippen molar-refractivity contribution in [2.24, 2.45) is 0 Å². The minimum Gasteiger partial charge on any atom is -0.340 e. The maximum atomic E-state index is 12.6. The maximum Gasteiger partial charge on any atom is 0.234 e. The molecule has 0 atom stereocenters. The highest BCUT2D eigenvalue weighted by Crippen LogP contribution is 2.36. The van der Waals surface area contributed by atoms with E-state index in [-0.39, 0.29) is 0 Å². The molecule has 1 fully saturated rings. The minimum atomic E-state index is -3.63. The van der Waals surface area contributed by atoms with Gasteiger partial charge in [-0.2, -0.15) is 9.71 Å². The molecule has 1 aliphatic rings. The maximum absolute atomic E-state index is 12.6. The van der Waals surface area contributed by atoms with Gasteiger partial charge in [0, 0.05) is 12.3 Å². The largest absolute Gasteiger partial charge is 0.340 e. The molecule has 128 valence electrons. The van der Waals surface area contributed by atoms with E-state index < -0.39 is 15.6 Å². The van der Waals surface area contributed by atoms with Gasteiger partial charge in [-0.05, 0) is 24.5 Å². The van der Waals surface area contributed by atoms with Gasteiger partial charge in [0.15, 0.2) is 5.82 Å². The summed E-state index contributed by atoms with van der Waals surface area (Å²) in [5.74, 6) is 0.866. The zero-order valence-electron chi connectivity index (χ0n) is 13.6. The highest BCUT2D eigenvalue weighted by atomic mass is 32.2. The summed E-state index contributed by atoms with van der Waals surface area (Å²) in [6.45, 7) is 1.71. The molecule has 2 aromatic rings. The molecular formula is C17H21N3O3S. The molecule has 1 heterocycles. The van der Waals surface area contributed by atoms with Gasteiger partial charge >= 0.3 is 0 Å². The number of hydrogen-bond donors (Lipinski definition) is 1. The normalized spacial score (nSPS) is 18.0. The van der Waals surface area contributed by atoms with Gasteiger partial charge in [0.05, 0.1) is 5.54 Å². The minimum absolute atomic E-state index is 0.427. The van der Waals surface area contributed by atoms with Crippen LogP contribution in [0.15, 0.2) is 40.3 Å². The van der Waals surface area contributed by atoms with E-state index >= 15 is 0 Å². The van der Waals surface area contributed by atoms with Gasteiger partial charge in [0.25, 0.3) is 0 Å². The van der Waals surface area contributed by atoms with Crippen LogP contribution in [0.5, 0.6) is 0 Å². The van der Waals surface area contributed by atoms with Crippen LogP contribution in [0.1, 0.15) is 49.4 Å². The SMILES string of the molecule is Cc1nc(C2(NS(=O)(=O)C=Cc3ccccc3)CCCCC2)no1. The summed E-state index contributed by atoms with van der Waals surface area (Å²) >= 11 is 0. The molecule has 1 aromatic heterocycles. The van der Waals surface area contributed by atoms with Gasteiger partial charge in [0.2, 0.25) is 15.9 Å². The lowest BCUT2D eigenvalue weighted by Crippen LogP contribution is -2.47. The van der Waals surface area contributed by atoms with E-state index in [1.165, 1.54) is 5.41 Å². The molecule has 1 aromatic carbocycles. The molecule has 1 saturated carbocycles. The number of nitrogens with one attached hydrogen (secondary N) is 1. The van der Waals surface area contributed by atoms with Crippen LogP contribution in [0.25, 0.3) is 6.08 Å². The summed E-state index contributed by atoms with van der Waals surface area (Å²) in [6.07, 6.45) is 5.87. The van der Waals surface area contributed by atoms with Gasteiger partial charge in [-0.25, -0.2) is 8.42 Å². The third kappa shape index (κ3) is 3.91. The molecule has 0 saturated heterocycles. The number of hydrogen-bond acceptors (Lipinski definition) is 5. The predicted octanol–water partition coefficient (Wildman–Crippen LogP) is 3.13. The van der Waals surface area contributed by atoms with E-state index in [2.05, 4.69) is 14.9 Å². The van der Waals surface area contributed by atoms with E-state index in [0.717, 1.165) is 24.8 Å². The van der Waals surface area contributed by atoms with Crippen LogP contribution in [0.2, 0.25) is 0 Å². The molecule has 0 unspecified atom stereocenters. The summed E-state index contributed by atoms with van der Waals surface area (Å²) in [5.41, 5.74) is 0.0477. The Bertz CT molecular complexity index is 807. The lowest BCUT2D eigenvalue weighted by atomic mass is 9.82. The molecule has 0 radical (unpaired) electrons. The van der Waals surface area contributed by atoms with E-state index in [1.54, 1.807) is 13.0 Å². The lowest BCUT2D eigenvalue weighted by molar-refractivity contribution is 0.249. The zero-order chi connectivity index (χ0) is 17.0. The van der Waals surface area contributed by atoms with Crippen LogP contribution < -0.4 is 4.72 Å². The second-order valence-corrected chi connectivity index (χ2v) is 7.71. The Labute approximate surface area is 142 Å². The van der Waals surface area contributed by atoms with E-state index in [9.17, 15) is 8.42 Å². The number of aryl methyl sites for hydroxylation is 1. The molecule has 24 heavy (non-hydrogen) atoms. The quantitative estimate of drug-likeness (QED) is 0.898. The third-order valence-electron chi connectivity index (χ3n) is 4.24. The average Bonchev–Trinajstić information content (AvgIpc) is 3.02. The Balaban J connectivity index is 1.85. The smallest absolute Gasteiger partial charge is 0.234 e. The number of benzene rings is 1. The van der Waals surface area contributed by atoms with Crippen molar-refractivity contribution in [1.82, 2.24) is 14.9 Å². The van der Waals surface area contributed by atoms with Crippen molar-refractivity contribution in [3.8, 4) is 0 Å². The van der Waals surface area contributed by atoms with Crippen molar-refractivity contribution in [2.45, 2.75) is 44.6 Å². The Morgan fingerprint density at radius 1 is 1.17 bits per heavy atom. The van der Waals surface area contributed by atoms with Crippen LogP contribution in [0.4, 0.5) is 0 Å². The molecule has 1 aliphatic carbocycles. The summed E-state index contributed by atoms with van der Waals surface area (Å²) in [6, 6.07) is 9.32. The van der Waals surface area contributed by atoms with Gasteiger partial charge in [0.1, 0.15) is 0 Å². The predicted molar refractivity (Wildman–Crippen MR) is 91.3 cm³/mol. The first-order valence-corrected chi connectivity index (χ1v) is 9.62. The second kappa shape index (κ2) is 6.86. The first-order valence-electron chi connectivity index (χ1n) is 8.07. The van der Waals surface area contributed by atoms with Crippen molar-refractivity contribution in [2.75, 3.05) is 0 Å². The molecule has 0 spiro atoms. The molecule has 0 aliphatic heterocycles. The van der Waals surface area contributed by atoms with Gasteiger partial charge in [-0.15, -0.1) is 0 Å². The van der Waals surface area contributed by atoms with Crippen LogP contribution in [0.3, 0.4) is 0 Å². The lowest BCUT2D eigenvalue weighted by Gasteiger charge is -2.34. The summed E-state index contributed by atoms with van der Waals surface area (Å²) in [4.78, 5) is 4.28. The van der Waals surface area contributed by atoms with E-state index in [4.69, 9.17) is 4.52 Å². The molecule has 0 amide bonds. The number of nitrogens with zero attached hydrogens (tertiary/aromatic N) is 2. The monoisotopic (exact) mass is 347 g/mol. The Hall–Kier alpha value is -1.99. The van der Waals surface area contributed by atoms with E-state index in [0.29, 0.717) is 24.6 Å². The number of sulfonamides is 1. The number of rotatable bonds is 5. The summed E-state index contributed by atoms with van der Waals surface area (Å²) in [7, 11) is -3.63. The first-order chi connectivity index (χ1) is 11.5. The van der Waals surface area contributed by atoms with Crippen LogP contribution >= 0.6 is 0 Å². The van der Waals surface area contributed by atoms with Crippen molar-refractivity contribution in [3.63, 3.8) is 0 Å². The van der Waals surface area contributed by atoms with Crippen molar-refractivity contribution >= 4 is 16.1 Å². The van der Waals surface area contributed by atoms with Crippen molar-refractivity contribution < 1.29 is 12.9 Å². The second-order valence-electron chi connectivity index (χ2n) is 6.14. The van der Waals surface area contributed by atoms with Crippen LogP contribution in [-0.2, 0) is 15.6 Å². The number of aromatic nitrogens is 2. The van der Waals surface area contributed by atoms with Crippen LogP contribution in [-0.4, -0.2) is 18.6 Å². The van der Waals surface area contributed by atoms with Crippen molar-refractivity contribution in [3.05, 3.63) is 53.0 Å². The standard InChI is InChI=1S/C17H21N3O3S/c1-14-18-16(19-23-14)17(11-6-3-7-12-17)20-24(21,22)13-10-15-8-4-2-5-9-15/h2,4-5,8-10,13,20H,3,6-7,11-12H2,1H3. The summed E-state index contributed by atoms with van der Waals surface area (Å²) < 4.78 is 33.0. The first kappa shape index (κ1) is 16.9. The van der Waals surface area contributed by atoms with Crippen LogP contribution in [0, 0.1) is 6.92 Å². The molecule has 0 bridgehead atoms. The van der Waals surface area contributed by atoms with E-state index in [1.807, 2.05) is 30.3 Å². The zero-order valence-corrected chi connectivity index (χ0v) is 14.4. The van der Waals surface area contributed by atoms with Gasteiger partial charge in [-0.3, -0.25) is 0 Å². The fraction of sp³-hybridized carbons (Fsp3) is 0.412. The summed E-state index contributed by atoms with van der Waals surface area (Å²) in [5, 5.41) is 5.18. The fourth-order valence-electron chi connectivity index (χ4n) is 3.06. The van der Waals surface area contributed by atoms with Gasteiger partial charge < -0.3 is 4.52 Å². The fourth-order valence-corrected chi connectivity index (χ4v) is 4.30. The Morgan fingerprint density at radius 3 is 2.50 bits per heavy atom. The van der Waals surface area contributed by atoms with Gasteiger partial charge in [-0.1, -0.05) is 54.8 Å².